The molecule has 0 saturated carbocycles. The first-order valence-corrected chi connectivity index (χ1v) is 5.24. The monoisotopic (exact) mass is 276 g/mol. The normalized spacial score (nSPS) is 10.2. The molecular weight excluding hydrogens is 263 g/mol. The van der Waals surface area contributed by atoms with Gasteiger partial charge in [-0.05, 0) is 52.6 Å². The van der Waals surface area contributed by atoms with Crippen molar-refractivity contribution in [1.29, 1.82) is 0 Å². The molecule has 0 heterocycles. The van der Waals surface area contributed by atoms with E-state index >= 15 is 0 Å². The second-order valence-electron chi connectivity index (χ2n) is 2.75. The highest BCUT2D eigenvalue weighted by atomic mass is 127. The SMILES string of the molecule is CCc1ccc(I)c(CCO)c1. The Bertz CT molecular complexity index is 258. The topological polar surface area (TPSA) is 20.2 Å². The van der Waals surface area contributed by atoms with Crippen molar-refractivity contribution in [3.05, 3.63) is 32.9 Å². The zero-order valence-electron chi connectivity index (χ0n) is 7.18. The van der Waals surface area contributed by atoms with E-state index in [2.05, 4.69) is 47.7 Å². The first-order valence-electron chi connectivity index (χ1n) is 4.16. The van der Waals surface area contributed by atoms with Gasteiger partial charge in [-0.3, -0.25) is 0 Å². The van der Waals surface area contributed by atoms with Gasteiger partial charge in [-0.15, -0.1) is 0 Å². The lowest BCUT2D eigenvalue weighted by Crippen LogP contribution is -1.95. The molecule has 0 fully saturated rings. The summed E-state index contributed by atoms with van der Waals surface area (Å²) in [5, 5.41) is 8.80. The quantitative estimate of drug-likeness (QED) is 0.840. The zero-order chi connectivity index (χ0) is 8.97. The number of benzene rings is 1. The van der Waals surface area contributed by atoms with Gasteiger partial charge in [-0.1, -0.05) is 19.1 Å². The van der Waals surface area contributed by atoms with Gasteiger partial charge in [0.2, 0.25) is 0 Å². The molecule has 0 aliphatic rings. The first kappa shape index (κ1) is 9.99. The van der Waals surface area contributed by atoms with E-state index in [-0.39, 0.29) is 6.61 Å². The molecule has 2 heteroatoms. The van der Waals surface area contributed by atoms with Crippen molar-refractivity contribution < 1.29 is 5.11 Å². The smallest absolute Gasteiger partial charge is 0.0471 e. The molecule has 0 bridgehead atoms. The van der Waals surface area contributed by atoms with Crippen LogP contribution in [-0.2, 0) is 12.8 Å². The largest absolute Gasteiger partial charge is 0.396 e. The molecule has 1 aromatic rings. The Morgan fingerprint density at radius 2 is 2.17 bits per heavy atom. The molecular formula is C10H13IO. The van der Waals surface area contributed by atoms with Crippen molar-refractivity contribution in [2.24, 2.45) is 0 Å². The van der Waals surface area contributed by atoms with E-state index in [4.69, 9.17) is 5.11 Å². The van der Waals surface area contributed by atoms with E-state index < -0.39 is 0 Å². The van der Waals surface area contributed by atoms with Crippen molar-refractivity contribution in [2.45, 2.75) is 19.8 Å². The van der Waals surface area contributed by atoms with Gasteiger partial charge in [0.25, 0.3) is 0 Å². The summed E-state index contributed by atoms with van der Waals surface area (Å²) in [5.41, 5.74) is 2.61. The van der Waals surface area contributed by atoms with Crippen molar-refractivity contribution in [3.8, 4) is 0 Å². The van der Waals surface area contributed by atoms with Gasteiger partial charge >= 0.3 is 0 Å². The van der Waals surface area contributed by atoms with Crippen LogP contribution in [0.1, 0.15) is 18.1 Å². The number of aliphatic hydroxyl groups is 1. The third-order valence-electron chi connectivity index (χ3n) is 1.90. The zero-order valence-corrected chi connectivity index (χ0v) is 9.34. The fraction of sp³-hybridized carbons (Fsp3) is 0.400. The van der Waals surface area contributed by atoms with Gasteiger partial charge in [0.05, 0.1) is 0 Å². The summed E-state index contributed by atoms with van der Waals surface area (Å²) < 4.78 is 1.25. The molecule has 0 aliphatic heterocycles. The average Bonchev–Trinajstić information content (AvgIpc) is 2.09. The van der Waals surface area contributed by atoms with Crippen molar-refractivity contribution in [3.63, 3.8) is 0 Å². The number of hydrogen-bond donors (Lipinski definition) is 1. The maximum atomic E-state index is 8.80. The van der Waals surface area contributed by atoms with E-state index in [1.165, 1.54) is 14.7 Å². The van der Waals surface area contributed by atoms with Crippen LogP contribution in [0.2, 0.25) is 0 Å². The lowest BCUT2D eigenvalue weighted by molar-refractivity contribution is 0.299. The Kier molecular flexibility index (Phi) is 4.01. The fourth-order valence-electron chi connectivity index (χ4n) is 1.16. The molecule has 0 atom stereocenters. The summed E-state index contributed by atoms with van der Waals surface area (Å²) in [5.74, 6) is 0. The molecule has 0 unspecified atom stereocenters. The van der Waals surface area contributed by atoms with Gasteiger partial charge in [-0.25, -0.2) is 0 Å². The van der Waals surface area contributed by atoms with Gasteiger partial charge in [-0.2, -0.15) is 0 Å². The third kappa shape index (κ3) is 2.45. The Morgan fingerprint density at radius 1 is 1.42 bits per heavy atom. The van der Waals surface area contributed by atoms with Crippen LogP contribution in [0.3, 0.4) is 0 Å². The van der Waals surface area contributed by atoms with Gasteiger partial charge in [0.1, 0.15) is 0 Å². The summed E-state index contributed by atoms with van der Waals surface area (Å²) in [4.78, 5) is 0. The van der Waals surface area contributed by atoms with E-state index in [9.17, 15) is 0 Å². The van der Waals surface area contributed by atoms with Crippen LogP contribution in [-0.4, -0.2) is 11.7 Å². The van der Waals surface area contributed by atoms with Crippen molar-refractivity contribution in [2.75, 3.05) is 6.61 Å². The van der Waals surface area contributed by atoms with Crippen LogP contribution in [0.5, 0.6) is 0 Å². The highest BCUT2D eigenvalue weighted by molar-refractivity contribution is 14.1. The molecule has 1 nitrogen and oxygen atoms in total. The molecule has 1 N–H and O–H groups in total. The number of aryl methyl sites for hydroxylation is 1. The minimum Gasteiger partial charge on any atom is -0.396 e. The summed E-state index contributed by atoms with van der Waals surface area (Å²) in [6.07, 6.45) is 1.83. The third-order valence-corrected chi connectivity index (χ3v) is 2.95. The Labute approximate surface area is 86.9 Å². The fourth-order valence-corrected chi connectivity index (χ4v) is 1.77. The van der Waals surface area contributed by atoms with E-state index in [0.29, 0.717) is 0 Å². The number of rotatable bonds is 3. The van der Waals surface area contributed by atoms with Gasteiger partial charge in [0, 0.05) is 10.2 Å². The highest BCUT2D eigenvalue weighted by Crippen LogP contribution is 2.15. The maximum absolute atomic E-state index is 8.80. The molecule has 1 aromatic carbocycles. The van der Waals surface area contributed by atoms with E-state index in [1.54, 1.807) is 0 Å². The number of hydrogen-bond acceptors (Lipinski definition) is 1. The second kappa shape index (κ2) is 4.82. The maximum Gasteiger partial charge on any atom is 0.0471 e. The molecule has 0 spiro atoms. The number of halogens is 1. The molecule has 1 rings (SSSR count). The minimum atomic E-state index is 0.239. The predicted molar refractivity (Wildman–Crippen MR) is 59.3 cm³/mol. The number of aliphatic hydroxyl groups excluding tert-OH is 1. The Morgan fingerprint density at radius 3 is 2.75 bits per heavy atom. The van der Waals surface area contributed by atoms with Crippen LogP contribution in [0.25, 0.3) is 0 Å². The predicted octanol–water partition coefficient (Wildman–Crippen LogP) is 2.39. The van der Waals surface area contributed by atoms with Crippen molar-refractivity contribution >= 4 is 22.6 Å². The lowest BCUT2D eigenvalue weighted by Gasteiger charge is -2.04. The summed E-state index contributed by atoms with van der Waals surface area (Å²) in [6.45, 7) is 2.38. The minimum absolute atomic E-state index is 0.239. The van der Waals surface area contributed by atoms with Gasteiger partial charge in [0.15, 0.2) is 0 Å². The molecule has 12 heavy (non-hydrogen) atoms. The standard InChI is InChI=1S/C10H13IO/c1-2-8-3-4-10(11)9(7-8)5-6-12/h3-4,7,12H,2,5-6H2,1H3. The molecule has 0 amide bonds. The van der Waals surface area contributed by atoms with Crippen LogP contribution in [0.4, 0.5) is 0 Å². The van der Waals surface area contributed by atoms with E-state index in [0.717, 1.165) is 12.8 Å². The summed E-state index contributed by atoms with van der Waals surface area (Å²) >= 11 is 2.31. The van der Waals surface area contributed by atoms with Crippen LogP contribution in [0, 0.1) is 3.57 Å². The summed E-state index contributed by atoms with van der Waals surface area (Å²) in [6, 6.07) is 6.44. The van der Waals surface area contributed by atoms with E-state index in [1.807, 2.05) is 0 Å². The summed E-state index contributed by atoms with van der Waals surface area (Å²) in [7, 11) is 0. The van der Waals surface area contributed by atoms with Crippen LogP contribution >= 0.6 is 22.6 Å². The van der Waals surface area contributed by atoms with Gasteiger partial charge < -0.3 is 5.11 Å². The second-order valence-corrected chi connectivity index (χ2v) is 3.92. The molecule has 0 saturated heterocycles. The Balaban J connectivity index is 2.91. The van der Waals surface area contributed by atoms with Crippen molar-refractivity contribution in [1.82, 2.24) is 0 Å². The Hall–Kier alpha value is -0.0900. The molecule has 0 aromatic heterocycles. The van der Waals surface area contributed by atoms with Crippen LogP contribution in [0.15, 0.2) is 18.2 Å². The van der Waals surface area contributed by atoms with Crippen LogP contribution < -0.4 is 0 Å². The average molecular weight is 276 g/mol. The molecule has 0 aliphatic carbocycles. The molecule has 66 valence electrons. The lowest BCUT2D eigenvalue weighted by atomic mass is 10.1. The molecule has 0 radical (unpaired) electrons. The first-order chi connectivity index (χ1) is 5.77. The highest BCUT2D eigenvalue weighted by Gasteiger charge is 1.99.